The molecule has 0 unspecified atom stereocenters. The molecule has 0 atom stereocenters. The first-order chi connectivity index (χ1) is 8.61. The van der Waals surface area contributed by atoms with Crippen molar-refractivity contribution in [2.24, 2.45) is 0 Å². The van der Waals surface area contributed by atoms with Gasteiger partial charge >= 0.3 is 0 Å². The number of hydrogen-bond acceptors (Lipinski definition) is 1. The fourth-order valence-electron chi connectivity index (χ4n) is 1.90. The molecule has 0 fully saturated rings. The Hall–Kier alpha value is -1.80. The number of halogens is 1. The predicted molar refractivity (Wildman–Crippen MR) is 75.0 cm³/mol. The highest BCUT2D eigenvalue weighted by atomic mass is 35.5. The maximum Gasteiger partial charge on any atom is 0.251 e. The van der Waals surface area contributed by atoms with Crippen molar-refractivity contribution in [3.05, 3.63) is 58.6 Å². The Bertz CT molecular complexity index is 576. The maximum absolute atomic E-state index is 11.5. The first-order valence-electron chi connectivity index (χ1n) is 5.70. The second-order valence-electron chi connectivity index (χ2n) is 4.12. The average Bonchev–Trinajstić information content (AvgIpc) is 2.39. The molecule has 1 amide bonds. The van der Waals surface area contributed by atoms with E-state index in [1.165, 1.54) is 0 Å². The summed E-state index contributed by atoms with van der Waals surface area (Å²) in [5.74, 6) is -0.0687. The molecule has 0 aliphatic carbocycles. The van der Waals surface area contributed by atoms with Gasteiger partial charge in [0, 0.05) is 17.6 Å². The lowest BCUT2D eigenvalue weighted by Crippen LogP contribution is -2.17. The van der Waals surface area contributed by atoms with Gasteiger partial charge in [0.2, 0.25) is 0 Å². The van der Waals surface area contributed by atoms with Crippen LogP contribution < -0.4 is 5.32 Å². The predicted octanol–water partition coefficient (Wildman–Crippen LogP) is 3.68. The van der Waals surface area contributed by atoms with Crippen LogP contribution in [0.3, 0.4) is 0 Å². The molecule has 2 nitrogen and oxygen atoms in total. The number of aryl methyl sites for hydroxylation is 1. The van der Waals surface area contributed by atoms with Crippen LogP contribution in [0.15, 0.2) is 42.5 Å². The lowest BCUT2D eigenvalue weighted by molar-refractivity contribution is 0.0963. The Morgan fingerprint density at radius 1 is 1.11 bits per heavy atom. The van der Waals surface area contributed by atoms with Gasteiger partial charge < -0.3 is 5.32 Å². The van der Waals surface area contributed by atoms with Crippen molar-refractivity contribution in [1.82, 2.24) is 5.32 Å². The normalized spacial score (nSPS) is 10.2. The highest BCUT2D eigenvalue weighted by molar-refractivity contribution is 6.30. The van der Waals surface area contributed by atoms with Crippen LogP contribution in [0.1, 0.15) is 15.9 Å². The van der Waals surface area contributed by atoms with Crippen LogP contribution >= 0.6 is 11.6 Å². The summed E-state index contributed by atoms with van der Waals surface area (Å²) >= 11 is 5.87. The molecule has 0 heterocycles. The van der Waals surface area contributed by atoms with E-state index in [9.17, 15) is 4.79 Å². The maximum atomic E-state index is 11.5. The average molecular weight is 260 g/mol. The topological polar surface area (TPSA) is 29.1 Å². The van der Waals surface area contributed by atoms with Gasteiger partial charge in [0.25, 0.3) is 5.91 Å². The lowest BCUT2D eigenvalue weighted by atomic mass is 9.98. The minimum Gasteiger partial charge on any atom is -0.355 e. The zero-order valence-corrected chi connectivity index (χ0v) is 11.1. The van der Waals surface area contributed by atoms with Crippen LogP contribution in [0.2, 0.25) is 5.02 Å². The first-order valence-corrected chi connectivity index (χ1v) is 6.08. The van der Waals surface area contributed by atoms with E-state index in [1.807, 2.05) is 49.4 Å². The fraction of sp³-hybridized carbons (Fsp3) is 0.133. The van der Waals surface area contributed by atoms with Gasteiger partial charge in [-0.15, -0.1) is 0 Å². The van der Waals surface area contributed by atoms with E-state index in [0.717, 1.165) is 21.7 Å². The van der Waals surface area contributed by atoms with Crippen LogP contribution in [-0.2, 0) is 0 Å². The summed E-state index contributed by atoms with van der Waals surface area (Å²) in [5.41, 5.74) is 3.95. The van der Waals surface area contributed by atoms with E-state index >= 15 is 0 Å². The van der Waals surface area contributed by atoms with Crippen molar-refractivity contribution >= 4 is 17.5 Å². The van der Waals surface area contributed by atoms with E-state index in [1.54, 1.807) is 7.05 Å². The molecule has 2 aromatic rings. The minimum absolute atomic E-state index is 0.0687. The number of amides is 1. The van der Waals surface area contributed by atoms with E-state index in [2.05, 4.69) is 5.32 Å². The lowest BCUT2D eigenvalue weighted by Gasteiger charge is -2.08. The molecule has 2 aromatic carbocycles. The Morgan fingerprint density at radius 3 is 2.33 bits per heavy atom. The van der Waals surface area contributed by atoms with E-state index in [0.29, 0.717) is 5.56 Å². The highest BCUT2D eigenvalue weighted by Gasteiger charge is 2.07. The van der Waals surface area contributed by atoms with Crippen molar-refractivity contribution in [3.63, 3.8) is 0 Å². The van der Waals surface area contributed by atoms with Gasteiger partial charge in [-0.2, -0.15) is 0 Å². The molecule has 0 bridgehead atoms. The quantitative estimate of drug-likeness (QED) is 0.876. The zero-order valence-electron chi connectivity index (χ0n) is 10.3. The van der Waals surface area contributed by atoms with E-state index in [-0.39, 0.29) is 5.91 Å². The number of nitrogens with one attached hydrogen (secondary N) is 1. The second kappa shape index (κ2) is 5.23. The van der Waals surface area contributed by atoms with Crippen molar-refractivity contribution in [2.75, 3.05) is 7.05 Å². The molecule has 3 heteroatoms. The summed E-state index contributed by atoms with van der Waals surface area (Å²) in [5, 5.41) is 3.34. The third kappa shape index (κ3) is 2.54. The summed E-state index contributed by atoms with van der Waals surface area (Å²) in [6, 6.07) is 13.4. The molecule has 1 N–H and O–H groups in total. The van der Waals surface area contributed by atoms with E-state index < -0.39 is 0 Å². The molecule has 0 saturated heterocycles. The SMILES string of the molecule is CNC(=O)c1ccc(-c2ccc(Cl)cc2)c(C)c1. The van der Waals surface area contributed by atoms with Crippen LogP contribution in [0.5, 0.6) is 0 Å². The summed E-state index contributed by atoms with van der Waals surface area (Å²) in [6.45, 7) is 2.00. The Morgan fingerprint density at radius 2 is 1.78 bits per heavy atom. The molecule has 0 aliphatic rings. The molecule has 0 spiro atoms. The summed E-state index contributed by atoms with van der Waals surface area (Å²) in [7, 11) is 1.63. The van der Waals surface area contributed by atoms with Crippen molar-refractivity contribution in [3.8, 4) is 11.1 Å². The minimum atomic E-state index is -0.0687. The van der Waals surface area contributed by atoms with Gasteiger partial charge in [0.05, 0.1) is 0 Å². The second-order valence-corrected chi connectivity index (χ2v) is 4.55. The van der Waals surface area contributed by atoms with Crippen molar-refractivity contribution < 1.29 is 4.79 Å². The fourth-order valence-corrected chi connectivity index (χ4v) is 2.03. The number of benzene rings is 2. The Kier molecular flexibility index (Phi) is 3.68. The standard InChI is InChI=1S/C15H14ClNO/c1-10-9-12(15(18)17-2)5-8-14(10)11-3-6-13(16)7-4-11/h3-9H,1-2H3,(H,17,18). The number of hydrogen-bond donors (Lipinski definition) is 1. The van der Waals surface area contributed by atoms with Gasteiger partial charge in [-0.3, -0.25) is 4.79 Å². The third-order valence-electron chi connectivity index (χ3n) is 2.87. The summed E-state index contributed by atoms with van der Waals surface area (Å²) in [4.78, 5) is 11.5. The molecule has 2 rings (SSSR count). The summed E-state index contributed by atoms with van der Waals surface area (Å²) in [6.07, 6.45) is 0. The summed E-state index contributed by atoms with van der Waals surface area (Å²) < 4.78 is 0. The van der Waals surface area contributed by atoms with Crippen LogP contribution in [-0.4, -0.2) is 13.0 Å². The first kappa shape index (κ1) is 12.7. The number of rotatable bonds is 2. The zero-order chi connectivity index (χ0) is 13.1. The van der Waals surface area contributed by atoms with E-state index in [4.69, 9.17) is 11.6 Å². The number of carbonyl (C=O) groups excluding carboxylic acids is 1. The molecule has 0 aliphatic heterocycles. The van der Waals surface area contributed by atoms with Gasteiger partial charge in [-0.05, 0) is 47.9 Å². The molecular weight excluding hydrogens is 246 g/mol. The van der Waals surface area contributed by atoms with Gasteiger partial charge in [-0.1, -0.05) is 29.8 Å². The molecule has 18 heavy (non-hydrogen) atoms. The van der Waals surface area contributed by atoms with Crippen molar-refractivity contribution in [2.45, 2.75) is 6.92 Å². The third-order valence-corrected chi connectivity index (χ3v) is 3.12. The molecule has 0 saturated carbocycles. The Labute approximate surface area is 112 Å². The van der Waals surface area contributed by atoms with Gasteiger partial charge in [0.15, 0.2) is 0 Å². The highest BCUT2D eigenvalue weighted by Crippen LogP contribution is 2.25. The van der Waals surface area contributed by atoms with Crippen molar-refractivity contribution in [1.29, 1.82) is 0 Å². The largest absolute Gasteiger partial charge is 0.355 e. The smallest absolute Gasteiger partial charge is 0.251 e. The molecule has 0 aromatic heterocycles. The van der Waals surface area contributed by atoms with Crippen LogP contribution in [0, 0.1) is 6.92 Å². The monoisotopic (exact) mass is 259 g/mol. The van der Waals surface area contributed by atoms with Gasteiger partial charge in [0.1, 0.15) is 0 Å². The number of carbonyl (C=O) groups is 1. The van der Waals surface area contributed by atoms with Crippen LogP contribution in [0.4, 0.5) is 0 Å². The molecule has 92 valence electrons. The van der Waals surface area contributed by atoms with Crippen LogP contribution in [0.25, 0.3) is 11.1 Å². The van der Waals surface area contributed by atoms with Gasteiger partial charge in [-0.25, -0.2) is 0 Å². The molecular formula is C15H14ClNO. The molecule has 0 radical (unpaired) electrons. The Balaban J connectivity index is 2.41.